The van der Waals surface area contributed by atoms with Crippen molar-refractivity contribution in [3.8, 4) is 0 Å². The number of amides is 2. The average Bonchev–Trinajstić information content (AvgIpc) is 3.06. The number of aliphatic hydroxyl groups excluding tert-OH is 1. The number of unbranched alkanes of at least 4 members (excludes halogenated alkanes) is 2. The number of aromatic carboxylic acids is 1. The first-order chi connectivity index (χ1) is 21.4. The van der Waals surface area contributed by atoms with Crippen LogP contribution in [-0.2, 0) is 32.2 Å². The van der Waals surface area contributed by atoms with Gasteiger partial charge in [0.05, 0.1) is 24.4 Å². The van der Waals surface area contributed by atoms with Gasteiger partial charge in [-0.25, -0.2) is 15.3 Å². The zero-order valence-electron chi connectivity index (χ0n) is 24.2. The summed E-state index contributed by atoms with van der Waals surface area (Å²) >= 11 is 1.33. The number of pyridine rings is 1. The Balaban J connectivity index is 1.37. The molecule has 2 heterocycles. The molecule has 44 heavy (non-hydrogen) atoms. The molecular formula is C32H37N3O8S. The number of carbonyl (C=O) groups is 3. The van der Waals surface area contributed by atoms with Gasteiger partial charge in [0.15, 0.2) is 6.29 Å². The number of hydroxylamine groups is 1. The van der Waals surface area contributed by atoms with E-state index < -0.39 is 18.2 Å². The SMILES string of the molecule is O=C(CCCCCC(=O)NCc1ccc([C@H]2O[C@@H](CSc3ncccc3C(=O)O)C[C@@H](c3ccc(CO)cc3)O2)cc1)NO. The molecule has 11 nitrogen and oxygen atoms in total. The third kappa shape index (κ3) is 9.86. The molecule has 2 aromatic carbocycles. The van der Waals surface area contributed by atoms with Crippen molar-refractivity contribution in [3.05, 3.63) is 94.7 Å². The number of benzene rings is 2. The van der Waals surface area contributed by atoms with Crippen molar-refractivity contribution in [2.24, 2.45) is 0 Å². The van der Waals surface area contributed by atoms with Crippen molar-refractivity contribution in [2.75, 3.05) is 5.75 Å². The second kappa shape index (κ2) is 16.9. The van der Waals surface area contributed by atoms with E-state index in [0.717, 1.165) is 22.3 Å². The van der Waals surface area contributed by atoms with Crippen LogP contribution in [0.2, 0.25) is 0 Å². The molecular weight excluding hydrogens is 586 g/mol. The minimum absolute atomic E-state index is 0.0505. The van der Waals surface area contributed by atoms with Crippen LogP contribution in [0.1, 0.15) is 83.5 Å². The summed E-state index contributed by atoms with van der Waals surface area (Å²) in [7, 11) is 0. The molecule has 1 aromatic heterocycles. The van der Waals surface area contributed by atoms with Crippen molar-refractivity contribution in [1.82, 2.24) is 15.8 Å². The van der Waals surface area contributed by atoms with Crippen LogP contribution in [0.25, 0.3) is 0 Å². The molecule has 2 amide bonds. The minimum atomic E-state index is -1.03. The molecule has 1 saturated heterocycles. The number of nitrogens with zero attached hydrogens (tertiary/aromatic N) is 1. The molecule has 4 rings (SSSR count). The minimum Gasteiger partial charge on any atom is -0.478 e. The molecule has 0 spiro atoms. The zero-order chi connectivity index (χ0) is 31.3. The lowest BCUT2D eigenvalue weighted by Gasteiger charge is -2.36. The third-order valence-corrected chi connectivity index (χ3v) is 8.33. The molecule has 3 atom stereocenters. The van der Waals surface area contributed by atoms with E-state index in [1.54, 1.807) is 17.7 Å². The van der Waals surface area contributed by atoms with Crippen LogP contribution in [0.5, 0.6) is 0 Å². The van der Waals surface area contributed by atoms with Crippen LogP contribution in [0.15, 0.2) is 71.9 Å². The number of hydrogen-bond donors (Lipinski definition) is 5. The summed E-state index contributed by atoms with van der Waals surface area (Å²) in [6.07, 6.45) is 3.46. The molecule has 3 aromatic rings. The lowest BCUT2D eigenvalue weighted by Crippen LogP contribution is -2.31. The maximum atomic E-state index is 12.2. The molecule has 12 heteroatoms. The summed E-state index contributed by atoms with van der Waals surface area (Å²) in [6.45, 7) is 0.318. The number of rotatable bonds is 15. The molecule has 5 N–H and O–H groups in total. The fourth-order valence-electron chi connectivity index (χ4n) is 4.75. The Labute approximate surface area is 260 Å². The second-order valence-corrected chi connectivity index (χ2v) is 11.4. The third-order valence-electron chi connectivity index (χ3n) is 7.20. The van der Waals surface area contributed by atoms with Crippen LogP contribution >= 0.6 is 11.8 Å². The van der Waals surface area contributed by atoms with Crippen molar-refractivity contribution < 1.29 is 39.3 Å². The topological polar surface area (TPSA) is 167 Å². The van der Waals surface area contributed by atoms with Gasteiger partial charge in [-0.15, -0.1) is 11.8 Å². The van der Waals surface area contributed by atoms with Crippen LogP contribution in [0.3, 0.4) is 0 Å². The van der Waals surface area contributed by atoms with Gasteiger partial charge < -0.3 is 25.0 Å². The largest absolute Gasteiger partial charge is 0.478 e. The van der Waals surface area contributed by atoms with Gasteiger partial charge in [-0.1, -0.05) is 55.0 Å². The first-order valence-electron chi connectivity index (χ1n) is 14.5. The lowest BCUT2D eigenvalue weighted by molar-refractivity contribution is -0.245. The van der Waals surface area contributed by atoms with Gasteiger partial charge in [-0.2, -0.15) is 0 Å². The van der Waals surface area contributed by atoms with E-state index in [4.69, 9.17) is 14.7 Å². The summed E-state index contributed by atoms with van der Waals surface area (Å²) in [6, 6.07) is 18.3. The van der Waals surface area contributed by atoms with E-state index in [9.17, 15) is 24.6 Å². The Morgan fingerprint density at radius 3 is 2.25 bits per heavy atom. The Morgan fingerprint density at radius 1 is 0.886 bits per heavy atom. The molecule has 1 fully saturated rings. The van der Waals surface area contributed by atoms with E-state index in [1.165, 1.54) is 17.8 Å². The molecule has 0 saturated carbocycles. The van der Waals surface area contributed by atoms with Crippen molar-refractivity contribution in [2.45, 2.75) is 75.2 Å². The van der Waals surface area contributed by atoms with E-state index >= 15 is 0 Å². The predicted octanol–water partition coefficient (Wildman–Crippen LogP) is 4.68. The van der Waals surface area contributed by atoms with Gasteiger partial charge in [-0.3, -0.25) is 14.8 Å². The summed E-state index contributed by atoms with van der Waals surface area (Å²) in [5.74, 6) is -1.06. The highest BCUT2D eigenvalue weighted by Gasteiger charge is 2.32. The fourth-order valence-corrected chi connectivity index (χ4v) is 5.75. The summed E-state index contributed by atoms with van der Waals surface area (Å²) in [4.78, 5) is 39.2. The Hall–Kier alpha value is -3.81. The molecule has 0 radical (unpaired) electrons. The van der Waals surface area contributed by atoms with Gasteiger partial charge in [-0.05, 0) is 41.7 Å². The van der Waals surface area contributed by atoms with Crippen molar-refractivity contribution in [3.63, 3.8) is 0 Å². The number of thioether (sulfide) groups is 1. The number of ether oxygens (including phenoxy) is 2. The predicted molar refractivity (Wildman–Crippen MR) is 162 cm³/mol. The monoisotopic (exact) mass is 623 g/mol. The summed E-state index contributed by atoms with van der Waals surface area (Å²) in [5, 5.41) is 30.8. The highest BCUT2D eigenvalue weighted by atomic mass is 32.2. The van der Waals surface area contributed by atoms with E-state index in [0.29, 0.717) is 49.4 Å². The average molecular weight is 624 g/mol. The highest BCUT2D eigenvalue weighted by Crippen LogP contribution is 2.39. The van der Waals surface area contributed by atoms with Crippen LogP contribution in [-0.4, -0.2) is 50.0 Å². The first kappa shape index (κ1) is 33.1. The molecule has 0 bridgehead atoms. The van der Waals surface area contributed by atoms with Crippen LogP contribution < -0.4 is 10.8 Å². The number of carboxylic acids is 1. The molecule has 234 valence electrons. The van der Waals surface area contributed by atoms with Crippen molar-refractivity contribution in [1.29, 1.82) is 0 Å². The zero-order valence-corrected chi connectivity index (χ0v) is 25.0. The fraction of sp³-hybridized carbons (Fsp3) is 0.375. The van der Waals surface area contributed by atoms with Crippen LogP contribution in [0.4, 0.5) is 0 Å². The first-order valence-corrected chi connectivity index (χ1v) is 15.4. The molecule has 1 aliphatic rings. The van der Waals surface area contributed by atoms with E-state index in [-0.39, 0.29) is 36.7 Å². The second-order valence-electron chi connectivity index (χ2n) is 10.4. The number of nitrogens with one attached hydrogen (secondary N) is 2. The van der Waals surface area contributed by atoms with Gasteiger partial charge in [0.1, 0.15) is 5.03 Å². The standard InChI is InChI=1S/C32H37N3O8S/c36-19-22-10-12-23(13-11-22)27-17-25(20-44-30-26(31(39)40)5-4-16-33-30)42-32(43-27)24-14-8-21(9-15-24)18-34-28(37)6-2-1-3-7-29(38)35-41/h4-5,8-16,25,27,32,36,41H,1-3,6-7,17-20H2,(H,34,37)(H,35,38)(H,39,40)/t25-,27+,32+/m1/s1. The summed E-state index contributed by atoms with van der Waals surface area (Å²) < 4.78 is 12.7. The number of hydrogen-bond acceptors (Lipinski definition) is 9. The molecule has 0 aliphatic carbocycles. The molecule has 0 unspecified atom stereocenters. The van der Waals surface area contributed by atoms with Gasteiger partial charge >= 0.3 is 5.97 Å². The number of aromatic nitrogens is 1. The number of aliphatic hydroxyl groups is 1. The molecule has 1 aliphatic heterocycles. The quantitative estimate of drug-likeness (QED) is 0.0694. The summed E-state index contributed by atoms with van der Waals surface area (Å²) in [5.41, 5.74) is 5.22. The van der Waals surface area contributed by atoms with Gasteiger partial charge in [0, 0.05) is 43.3 Å². The smallest absolute Gasteiger partial charge is 0.338 e. The van der Waals surface area contributed by atoms with Gasteiger partial charge in [0.25, 0.3) is 0 Å². The van der Waals surface area contributed by atoms with E-state index in [1.807, 2.05) is 48.5 Å². The van der Waals surface area contributed by atoms with E-state index in [2.05, 4.69) is 10.3 Å². The normalized spacial score (nSPS) is 18.0. The maximum absolute atomic E-state index is 12.2. The number of carbonyl (C=O) groups excluding carboxylic acids is 2. The number of carboxylic acid groups (broad SMARTS) is 1. The Morgan fingerprint density at radius 2 is 1.57 bits per heavy atom. The Kier molecular flexibility index (Phi) is 12.7. The maximum Gasteiger partial charge on any atom is 0.338 e. The van der Waals surface area contributed by atoms with Crippen molar-refractivity contribution >= 4 is 29.5 Å². The van der Waals surface area contributed by atoms with Crippen LogP contribution in [0, 0.1) is 0 Å². The Bertz CT molecular complexity index is 1390. The van der Waals surface area contributed by atoms with Gasteiger partial charge in [0.2, 0.25) is 11.8 Å². The lowest BCUT2D eigenvalue weighted by atomic mass is 10.0. The highest BCUT2D eigenvalue weighted by molar-refractivity contribution is 7.99.